The standard InChI is InChI=1S/C23H45NO4Si/c1-10-17(25)19-18(28-29(8,9)22(5,6)7)11-12-23(19)13-15-24(16-14-23)20(26)27-21(2,3)4/h17-19,25H,10-16H2,1-9H3. The Morgan fingerprint density at radius 2 is 1.69 bits per heavy atom. The number of piperidine rings is 1. The Labute approximate surface area is 179 Å². The SMILES string of the molecule is CCC(O)C1C(O[Si](C)(C)C(C)(C)C)CCC12CCN(C(=O)OC(C)(C)C)CC2. The second-order valence-corrected chi connectivity index (χ2v) is 16.5. The van der Waals surface area contributed by atoms with Gasteiger partial charge in [-0.3, -0.25) is 0 Å². The first-order chi connectivity index (χ1) is 13.1. The van der Waals surface area contributed by atoms with E-state index in [2.05, 4.69) is 40.8 Å². The fraction of sp³-hybridized carbons (Fsp3) is 0.957. The number of carbonyl (C=O) groups is 1. The summed E-state index contributed by atoms with van der Waals surface area (Å²) >= 11 is 0. The average molecular weight is 428 g/mol. The van der Waals surface area contributed by atoms with Crippen LogP contribution in [0.25, 0.3) is 0 Å². The summed E-state index contributed by atoms with van der Waals surface area (Å²) in [7, 11) is -1.90. The lowest BCUT2D eigenvalue weighted by atomic mass is 9.68. The molecule has 0 bridgehead atoms. The van der Waals surface area contributed by atoms with Gasteiger partial charge in [0.25, 0.3) is 0 Å². The summed E-state index contributed by atoms with van der Waals surface area (Å²) in [6.07, 6.45) is 4.25. The van der Waals surface area contributed by atoms with Gasteiger partial charge in [0.15, 0.2) is 8.32 Å². The number of aliphatic hydroxyl groups excluding tert-OH is 1. The van der Waals surface area contributed by atoms with Gasteiger partial charge in [-0.15, -0.1) is 0 Å². The predicted octanol–water partition coefficient (Wildman–Crippen LogP) is 5.58. The lowest BCUT2D eigenvalue weighted by Crippen LogP contribution is -2.52. The van der Waals surface area contributed by atoms with Crippen LogP contribution in [0.2, 0.25) is 18.1 Å². The van der Waals surface area contributed by atoms with E-state index in [-0.39, 0.29) is 34.7 Å². The number of aliphatic hydroxyl groups is 1. The summed E-state index contributed by atoms with van der Waals surface area (Å²) in [5.74, 6) is 0.155. The highest BCUT2D eigenvalue weighted by Gasteiger charge is 2.54. The molecule has 6 heteroatoms. The fourth-order valence-electron chi connectivity index (χ4n) is 4.81. The summed E-state index contributed by atoms with van der Waals surface area (Å²) in [6, 6.07) is 0. The molecule has 3 atom stereocenters. The normalized spacial score (nSPS) is 26.6. The molecule has 1 saturated carbocycles. The molecule has 0 aromatic rings. The largest absolute Gasteiger partial charge is 0.444 e. The topological polar surface area (TPSA) is 59.0 Å². The van der Waals surface area contributed by atoms with Crippen molar-refractivity contribution < 1.29 is 19.1 Å². The van der Waals surface area contributed by atoms with Crippen molar-refractivity contribution in [1.29, 1.82) is 0 Å². The Balaban J connectivity index is 2.14. The molecule has 1 amide bonds. The van der Waals surface area contributed by atoms with Crippen molar-refractivity contribution in [3.8, 4) is 0 Å². The molecule has 5 nitrogen and oxygen atoms in total. The molecule has 3 unspecified atom stereocenters. The van der Waals surface area contributed by atoms with Gasteiger partial charge >= 0.3 is 6.09 Å². The third-order valence-corrected chi connectivity index (χ3v) is 12.0. The zero-order valence-electron chi connectivity index (χ0n) is 20.3. The fourth-order valence-corrected chi connectivity index (χ4v) is 6.19. The first kappa shape index (κ1) is 24.7. The van der Waals surface area contributed by atoms with Gasteiger partial charge < -0.3 is 19.2 Å². The van der Waals surface area contributed by atoms with Gasteiger partial charge in [0, 0.05) is 19.0 Å². The summed E-state index contributed by atoms with van der Waals surface area (Å²) in [4.78, 5) is 14.3. The van der Waals surface area contributed by atoms with E-state index in [1.807, 2.05) is 25.7 Å². The highest BCUT2D eigenvalue weighted by Crippen LogP contribution is 2.55. The first-order valence-corrected chi connectivity index (χ1v) is 14.4. The van der Waals surface area contributed by atoms with Crippen molar-refractivity contribution in [2.24, 2.45) is 11.3 Å². The Kier molecular flexibility index (Phi) is 7.24. The van der Waals surface area contributed by atoms with E-state index >= 15 is 0 Å². The van der Waals surface area contributed by atoms with E-state index in [1.165, 1.54) is 0 Å². The van der Waals surface area contributed by atoms with E-state index in [1.54, 1.807) is 0 Å². The average Bonchev–Trinajstić information content (AvgIpc) is 2.89. The van der Waals surface area contributed by atoms with Crippen LogP contribution in [0.3, 0.4) is 0 Å². The molecule has 2 fully saturated rings. The van der Waals surface area contributed by atoms with Crippen molar-refractivity contribution in [3.63, 3.8) is 0 Å². The van der Waals surface area contributed by atoms with E-state index in [0.29, 0.717) is 13.1 Å². The second-order valence-electron chi connectivity index (χ2n) is 11.8. The third kappa shape index (κ3) is 5.56. The molecule has 1 aliphatic heterocycles. The molecule has 1 heterocycles. The van der Waals surface area contributed by atoms with Gasteiger partial charge in [0.05, 0.1) is 12.2 Å². The van der Waals surface area contributed by atoms with Crippen LogP contribution in [-0.2, 0) is 9.16 Å². The van der Waals surface area contributed by atoms with E-state index in [4.69, 9.17) is 9.16 Å². The van der Waals surface area contributed by atoms with Crippen LogP contribution in [0.5, 0.6) is 0 Å². The Morgan fingerprint density at radius 3 is 2.14 bits per heavy atom. The van der Waals surface area contributed by atoms with Crippen LogP contribution in [0.1, 0.15) is 80.6 Å². The van der Waals surface area contributed by atoms with E-state index in [0.717, 1.165) is 32.1 Å². The smallest absolute Gasteiger partial charge is 0.410 e. The summed E-state index contributed by atoms with van der Waals surface area (Å²) < 4.78 is 12.4. The monoisotopic (exact) mass is 427 g/mol. The zero-order valence-corrected chi connectivity index (χ0v) is 21.3. The van der Waals surface area contributed by atoms with Gasteiger partial charge in [-0.05, 0) is 76.4 Å². The summed E-state index contributed by atoms with van der Waals surface area (Å²) in [6.45, 7) is 20.6. The van der Waals surface area contributed by atoms with E-state index in [9.17, 15) is 9.90 Å². The lowest BCUT2D eigenvalue weighted by Gasteiger charge is -2.47. The molecule has 170 valence electrons. The number of ether oxygens (including phenoxy) is 1. The minimum Gasteiger partial charge on any atom is -0.444 e. The Morgan fingerprint density at radius 1 is 1.14 bits per heavy atom. The molecule has 1 spiro atoms. The molecule has 2 aliphatic rings. The highest BCUT2D eigenvalue weighted by atomic mass is 28.4. The highest BCUT2D eigenvalue weighted by molar-refractivity contribution is 6.74. The van der Waals surface area contributed by atoms with Gasteiger partial charge in [0.1, 0.15) is 5.60 Å². The number of carbonyl (C=O) groups excluding carboxylic acids is 1. The molecule has 1 aliphatic carbocycles. The van der Waals surface area contributed by atoms with Gasteiger partial charge in [-0.1, -0.05) is 27.7 Å². The minimum atomic E-state index is -1.90. The molecule has 1 N–H and O–H groups in total. The predicted molar refractivity (Wildman–Crippen MR) is 121 cm³/mol. The molecule has 29 heavy (non-hydrogen) atoms. The molecule has 0 aromatic carbocycles. The second kappa shape index (κ2) is 8.50. The molecule has 2 rings (SSSR count). The number of rotatable bonds is 4. The van der Waals surface area contributed by atoms with Gasteiger partial charge in [0.2, 0.25) is 0 Å². The maximum atomic E-state index is 12.5. The molecular formula is C23H45NO4Si. The molecule has 0 radical (unpaired) electrons. The number of likely N-dealkylation sites (tertiary alicyclic amines) is 1. The van der Waals surface area contributed by atoms with Crippen molar-refractivity contribution in [2.45, 2.75) is 117 Å². The molecular weight excluding hydrogens is 382 g/mol. The van der Waals surface area contributed by atoms with Crippen LogP contribution in [0.15, 0.2) is 0 Å². The number of hydrogen-bond donors (Lipinski definition) is 1. The third-order valence-electron chi connectivity index (χ3n) is 7.53. The summed E-state index contributed by atoms with van der Waals surface area (Å²) in [5, 5.41) is 11.2. The summed E-state index contributed by atoms with van der Waals surface area (Å²) in [5.41, 5.74) is -0.399. The van der Waals surface area contributed by atoms with Crippen molar-refractivity contribution in [3.05, 3.63) is 0 Å². The van der Waals surface area contributed by atoms with Crippen LogP contribution in [0, 0.1) is 11.3 Å². The number of amides is 1. The minimum absolute atomic E-state index is 0.0704. The number of hydrogen-bond acceptors (Lipinski definition) is 4. The van der Waals surface area contributed by atoms with Gasteiger partial charge in [-0.2, -0.15) is 0 Å². The Hall–Kier alpha value is -0.593. The first-order valence-electron chi connectivity index (χ1n) is 11.5. The maximum Gasteiger partial charge on any atom is 0.410 e. The van der Waals surface area contributed by atoms with Crippen LogP contribution in [-0.4, -0.2) is 55.3 Å². The molecule has 0 aromatic heterocycles. The van der Waals surface area contributed by atoms with Crippen molar-refractivity contribution in [2.75, 3.05) is 13.1 Å². The Bertz CT molecular complexity index is 570. The van der Waals surface area contributed by atoms with Gasteiger partial charge in [-0.25, -0.2) is 4.79 Å². The molecule has 1 saturated heterocycles. The van der Waals surface area contributed by atoms with E-state index < -0.39 is 13.9 Å². The zero-order chi connectivity index (χ0) is 22.3. The van der Waals surface area contributed by atoms with Crippen molar-refractivity contribution in [1.82, 2.24) is 4.90 Å². The van der Waals surface area contributed by atoms with Crippen LogP contribution >= 0.6 is 0 Å². The van der Waals surface area contributed by atoms with Crippen molar-refractivity contribution >= 4 is 14.4 Å². The quantitative estimate of drug-likeness (QED) is 0.595. The van der Waals surface area contributed by atoms with Crippen LogP contribution < -0.4 is 0 Å². The maximum absolute atomic E-state index is 12.5. The lowest BCUT2D eigenvalue weighted by molar-refractivity contribution is -0.0483. The number of nitrogens with zero attached hydrogens (tertiary/aromatic N) is 1. The van der Waals surface area contributed by atoms with Crippen LogP contribution in [0.4, 0.5) is 4.79 Å².